The Hall–Kier alpha value is -6.87. The number of anilines is 4. The average molecular weight is 993 g/mol. The van der Waals surface area contributed by atoms with Crippen molar-refractivity contribution >= 4 is 79.7 Å². The third kappa shape index (κ3) is 9.23. The van der Waals surface area contributed by atoms with Crippen LogP contribution in [0, 0.1) is 41.5 Å². The van der Waals surface area contributed by atoms with Crippen molar-refractivity contribution in [2.45, 2.75) is 61.1 Å². The highest BCUT2D eigenvalue weighted by atomic mass is 32.2. The smallest absolute Gasteiger partial charge is 0.296 e. The molecule has 0 radical (unpaired) electrons. The minimum Gasteiger partial charge on any atom is -0.456 e. The van der Waals surface area contributed by atoms with E-state index in [1.807, 2.05) is 13.0 Å². The Balaban J connectivity index is 1.35. The summed E-state index contributed by atoms with van der Waals surface area (Å²) in [5, 5.41) is 3.36. The summed E-state index contributed by atoms with van der Waals surface area (Å²) < 4.78 is 139. The number of nitrogens with zero attached hydrogens (tertiary/aromatic N) is 1. The highest BCUT2D eigenvalue weighted by Gasteiger charge is 2.28. The van der Waals surface area contributed by atoms with Gasteiger partial charge >= 0.3 is 0 Å². The van der Waals surface area contributed by atoms with Crippen molar-refractivity contribution in [3.05, 3.63) is 166 Å². The zero-order valence-electron chi connectivity index (χ0n) is 37.3. The number of nitrogens with one attached hydrogen (secondary N) is 3. The van der Waals surface area contributed by atoms with Crippen LogP contribution < -0.4 is 20.1 Å². The molecule has 1 aliphatic carbocycles. The van der Waals surface area contributed by atoms with E-state index >= 15 is 0 Å². The first-order chi connectivity index (χ1) is 31.9. The molecule has 0 spiro atoms. The lowest BCUT2D eigenvalue weighted by molar-refractivity contribution is 0.480. The van der Waals surface area contributed by atoms with Crippen molar-refractivity contribution < 1.29 is 47.2 Å². The molecule has 2 aliphatic rings. The highest BCUT2D eigenvalue weighted by Crippen LogP contribution is 2.44. The molecule has 0 bridgehead atoms. The average Bonchev–Trinajstić information content (AvgIpc) is 3.28. The molecule has 0 saturated carbocycles. The summed E-state index contributed by atoms with van der Waals surface area (Å²) in [4.78, 5) is 3.65. The van der Waals surface area contributed by atoms with Crippen LogP contribution >= 0.6 is 0 Å². The van der Waals surface area contributed by atoms with Crippen molar-refractivity contribution in [3.63, 3.8) is 0 Å². The number of aryl methyl sites for hydroxylation is 4. The normalized spacial score (nSPS) is 12.7. The first kappa shape index (κ1) is 47.6. The fourth-order valence-corrected chi connectivity index (χ4v) is 12.1. The maximum absolute atomic E-state index is 13.5. The first-order valence-electron chi connectivity index (χ1n) is 20.7. The number of fused-ring (bicyclic) bond motifs is 2. The Labute approximate surface area is 394 Å². The van der Waals surface area contributed by atoms with Gasteiger partial charge in [-0.05, 0) is 123 Å². The van der Waals surface area contributed by atoms with Crippen LogP contribution in [0.2, 0.25) is 0 Å². The van der Waals surface area contributed by atoms with E-state index in [0.717, 1.165) is 11.6 Å². The molecular formula is C49H44N4O11S4. The van der Waals surface area contributed by atoms with Gasteiger partial charge in [-0.3, -0.25) is 18.5 Å². The molecule has 0 amide bonds. The monoisotopic (exact) mass is 992 g/mol. The van der Waals surface area contributed by atoms with E-state index in [1.165, 1.54) is 54.6 Å². The molecule has 0 fully saturated rings. The largest absolute Gasteiger partial charge is 0.456 e. The number of hydrogen-bond acceptors (Lipinski definition) is 11. The second-order valence-corrected chi connectivity index (χ2v) is 22.4. The predicted molar refractivity (Wildman–Crippen MR) is 262 cm³/mol. The molecule has 15 nitrogen and oxygen atoms in total. The molecule has 0 atom stereocenters. The number of benzene rings is 7. The van der Waals surface area contributed by atoms with Gasteiger partial charge in [0.05, 0.1) is 32.2 Å². The van der Waals surface area contributed by atoms with Crippen molar-refractivity contribution in [2.24, 2.45) is 4.99 Å². The second-order valence-electron chi connectivity index (χ2n) is 16.3. The predicted octanol–water partition coefficient (Wildman–Crippen LogP) is 10.1. The Kier molecular flexibility index (Phi) is 12.4. The van der Waals surface area contributed by atoms with Gasteiger partial charge in [-0.25, -0.2) is 21.8 Å². The summed E-state index contributed by atoms with van der Waals surface area (Å²) >= 11 is 0. The van der Waals surface area contributed by atoms with E-state index in [0.29, 0.717) is 44.9 Å². The third-order valence-corrected chi connectivity index (χ3v) is 16.0. The van der Waals surface area contributed by atoms with E-state index in [-0.39, 0.29) is 59.9 Å². The van der Waals surface area contributed by atoms with Crippen molar-refractivity contribution in [2.75, 3.05) is 14.8 Å². The summed E-state index contributed by atoms with van der Waals surface area (Å²) in [6, 6.07) is 32.0. The molecule has 350 valence electrons. The summed E-state index contributed by atoms with van der Waals surface area (Å²) in [7, 11) is -18.0. The summed E-state index contributed by atoms with van der Waals surface area (Å²) in [6.45, 7) is 10.4. The van der Waals surface area contributed by atoms with Gasteiger partial charge in [0.25, 0.3) is 40.3 Å². The zero-order valence-corrected chi connectivity index (χ0v) is 40.5. The van der Waals surface area contributed by atoms with Gasteiger partial charge in [-0.1, -0.05) is 66.7 Å². The van der Waals surface area contributed by atoms with Crippen LogP contribution in [0.5, 0.6) is 0 Å². The SMILES string of the molecule is Cc1cc(C)c(NS(=O)(=O)c2ccccc2)c(C)c1/N=c1/cc2oc3cc(Nc4c(C)cc(C)c(NS(=O)(=O)c5ccccc5)c4C)ccc3c(-c3ccccc3S(=O)(=O)O)c-2cc1S(=O)(=O)O. The van der Waals surface area contributed by atoms with Crippen LogP contribution in [-0.4, -0.2) is 42.8 Å². The summed E-state index contributed by atoms with van der Waals surface area (Å²) in [6.07, 6.45) is 0. The van der Waals surface area contributed by atoms with E-state index < -0.39 is 50.1 Å². The van der Waals surface area contributed by atoms with Crippen LogP contribution in [0.3, 0.4) is 0 Å². The van der Waals surface area contributed by atoms with E-state index in [4.69, 9.17) is 9.41 Å². The Morgan fingerprint density at radius 1 is 0.500 bits per heavy atom. The molecule has 6 aromatic carbocycles. The van der Waals surface area contributed by atoms with E-state index in [1.54, 1.807) is 95.3 Å². The maximum atomic E-state index is 13.5. The van der Waals surface area contributed by atoms with Crippen molar-refractivity contribution in [1.82, 2.24) is 0 Å². The molecular weight excluding hydrogens is 949 g/mol. The zero-order chi connectivity index (χ0) is 49.1. The maximum Gasteiger partial charge on any atom is 0.296 e. The number of rotatable bonds is 12. The molecule has 0 aromatic heterocycles. The van der Waals surface area contributed by atoms with Crippen LogP contribution in [0.25, 0.3) is 33.4 Å². The lowest BCUT2D eigenvalue weighted by atomic mass is 9.93. The molecule has 0 unspecified atom stereocenters. The van der Waals surface area contributed by atoms with Gasteiger partial charge in [-0.2, -0.15) is 16.8 Å². The third-order valence-electron chi connectivity index (χ3n) is 11.5. The van der Waals surface area contributed by atoms with Gasteiger partial charge in [0.2, 0.25) is 0 Å². The summed E-state index contributed by atoms with van der Waals surface area (Å²) in [5.74, 6) is -0.0198. The van der Waals surface area contributed by atoms with Crippen LogP contribution in [-0.2, 0) is 40.3 Å². The minimum absolute atomic E-state index is 0.0137. The fourth-order valence-electron chi connectivity index (χ4n) is 8.36. The number of sulfonamides is 2. The van der Waals surface area contributed by atoms with E-state index in [9.17, 15) is 42.8 Å². The lowest BCUT2D eigenvalue weighted by Gasteiger charge is -2.21. The molecule has 8 rings (SSSR count). The van der Waals surface area contributed by atoms with Crippen LogP contribution in [0.1, 0.15) is 33.4 Å². The topological polar surface area (TPSA) is 239 Å². The molecule has 1 aliphatic heterocycles. The quantitative estimate of drug-likeness (QED) is 0.0568. The van der Waals surface area contributed by atoms with Gasteiger partial charge in [-0.15, -0.1) is 0 Å². The molecule has 1 heterocycles. The lowest BCUT2D eigenvalue weighted by Crippen LogP contribution is -2.17. The van der Waals surface area contributed by atoms with Crippen molar-refractivity contribution in [3.8, 4) is 22.5 Å². The molecule has 5 N–H and O–H groups in total. The van der Waals surface area contributed by atoms with Gasteiger partial charge in [0, 0.05) is 45.6 Å². The molecule has 0 saturated heterocycles. The minimum atomic E-state index is -5.10. The number of hydrogen-bond donors (Lipinski definition) is 5. The van der Waals surface area contributed by atoms with E-state index in [2.05, 4.69) is 14.8 Å². The molecule has 6 aromatic rings. The first-order valence-corrected chi connectivity index (χ1v) is 26.6. The Morgan fingerprint density at radius 3 is 1.59 bits per heavy atom. The standard InChI is InChI=1S/C49H44N4O11S4/c1-28-23-30(3)48(52-65(54,55)35-15-9-7-10-16-35)32(5)46(28)50-34-21-22-37-41(25-34)64-42-27-40(44(68(61,62)63)26-39(42)45(37)38-19-13-14-20-43(38)67(58,59)60)51-47-29(2)24-31(4)49(33(47)6)53-66(56,57)36-17-11-8-12-18-36/h7-27,50,52-53H,1-6H3,(H,58,59,60)(H,61,62,63)/b51-40-. The van der Waals surface area contributed by atoms with Gasteiger partial charge < -0.3 is 9.73 Å². The van der Waals surface area contributed by atoms with Gasteiger partial charge in [0.1, 0.15) is 21.1 Å². The van der Waals surface area contributed by atoms with Crippen molar-refractivity contribution in [1.29, 1.82) is 0 Å². The summed E-state index contributed by atoms with van der Waals surface area (Å²) in [5.41, 5.74) is 5.55. The molecule has 19 heteroatoms. The van der Waals surface area contributed by atoms with Crippen LogP contribution in [0.4, 0.5) is 28.4 Å². The van der Waals surface area contributed by atoms with Crippen LogP contribution in [0.15, 0.2) is 156 Å². The fraction of sp³-hybridized carbons (Fsp3) is 0.122. The Bertz CT molecular complexity index is 3860. The van der Waals surface area contributed by atoms with Gasteiger partial charge in [0.15, 0.2) is 0 Å². The highest BCUT2D eigenvalue weighted by molar-refractivity contribution is 7.93. The Morgan fingerprint density at radius 2 is 1.01 bits per heavy atom. The molecule has 68 heavy (non-hydrogen) atoms. The second kappa shape index (κ2) is 17.7.